The van der Waals surface area contributed by atoms with Gasteiger partial charge in [0.25, 0.3) is 5.91 Å². The Labute approximate surface area is 171 Å². The highest BCUT2D eigenvalue weighted by Crippen LogP contribution is 2.38. The molecule has 1 aromatic carbocycles. The zero-order chi connectivity index (χ0) is 21.1. The maximum absolute atomic E-state index is 12.6. The molecule has 0 aromatic heterocycles. The Kier molecular flexibility index (Phi) is 6.35. The van der Waals surface area contributed by atoms with E-state index in [1.807, 2.05) is 30.3 Å². The van der Waals surface area contributed by atoms with Crippen LogP contribution in [0.5, 0.6) is 0 Å². The molecular weight excluding hydrogens is 372 g/mol. The van der Waals surface area contributed by atoms with Crippen LogP contribution in [0, 0.1) is 11.8 Å². The standard InChI is InChI=1S/C22H28N2O5/c1-14(24-20(26)17-11-7-8-12-18(17)21(24)27)22(28)29-15(2)19(25)23(3)13-16-9-5-4-6-10-16/h4-6,9-10,14-15,17-18H,7-8,11-13H2,1-3H3/t14-,15-,17-,18+/m1/s1. The van der Waals surface area contributed by atoms with Gasteiger partial charge in [0.15, 0.2) is 6.10 Å². The first kappa shape index (κ1) is 21.0. The van der Waals surface area contributed by atoms with E-state index in [9.17, 15) is 19.2 Å². The van der Waals surface area contributed by atoms with Gasteiger partial charge in [0.05, 0.1) is 11.8 Å². The van der Waals surface area contributed by atoms with Gasteiger partial charge in [0, 0.05) is 13.6 Å². The van der Waals surface area contributed by atoms with Gasteiger partial charge in [-0.1, -0.05) is 43.2 Å². The fraction of sp³-hybridized carbons (Fsp3) is 0.545. The lowest BCUT2D eigenvalue weighted by molar-refractivity contribution is -0.166. The fourth-order valence-electron chi connectivity index (χ4n) is 4.24. The second-order valence-corrected chi connectivity index (χ2v) is 7.98. The van der Waals surface area contributed by atoms with Crippen LogP contribution < -0.4 is 0 Å². The summed E-state index contributed by atoms with van der Waals surface area (Å²) in [6, 6.07) is 8.46. The number of imide groups is 1. The van der Waals surface area contributed by atoms with Crippen molar-refractivity contribution in [2.24, 2.45) is 11.8 Å². The highest BCUT2D eigenvalue weighted by Gasteiger charge is 2.51. The van der Waals surface area contributed by atoms with Crippen molar-refractivity contribution < 1.29 is 23.9 Å². The number of likely N-dealkylation sites (N-methyl/N-ethyl adjacent to an activating group) is 1. The van der Waals surface area contributed by atoms with Crippen LogP contribution in [-0.4, -0.2) is 52.7 Å². The molecule has 1 heterocycles. The van der Waals surface area contributed by atoms with Gasteiger partial charge >= 0.3 is 5.97 Å². The first-order valence-electron chi connectivity index (χ1n) is 10.2. The van der Waals surface area contributed by atoms with Crippen molar-refractivity contribution in [2.45, 2.75) is 58.2 Å². The van der Waals surface area contributed by atoms with Crippen molar-refractivity contribution in [2.75, 3.05) is 7.05 Å². The van der Waals surface area contributed by atoms with E-state index in [0.717, 1.165) is 23.3 Å². The van der Waals surface area contributed by atoms with Crippen LogP contribution in [0.1, 0.15) is 45.1 Å². The molecule has 156 valence electrons. The normalized spacial score (nSPS) is 23.3. The molecule has 2 fully saturated rings. The number of carbonyl (C=O) groups excluding carboxylic acids is 4. The van der Waals surface area contributed by atoms with Crippen molar-refractivity contribution >= 4 is 23.7 Å². The lowest BCUT2D eigenvalue weighted by atomic mass is 9.81. The summed E-state index contributed by atoms with van der Waals surface area (Å²) in [7, 11) is 1.64. The van der Waals surface area contributed by atoms with E-state index < -0.39 is 18.1 Å². The van der Waals surface area contributed by atoms with Gasteiger partial charge in [-0.15, -0.1) is 0 Å². The summed E-state index contributed by atoms with van der Waals surface area (Å²) in [5.74, 6) is -2.29. The average molecular weight is 400 g/mol. The Morgan fingerprint density at radius 3 is 2.17 bits per heavy atom. The number of carbonyl (C=O) groups is 4. The minimum Gasteiger partial charge on any atom is -0.451 e. The Bertz CT molecular complexity index is 770. The highest BCUT2D eigenvalue weighted by molar-refractivity contribution is 6.07. The molecule has 7 nitrogen and oxygen atoms in total. The monoisotopic (exact) mass is 400 g/mol. The van der Waals surface area contributed by atoms with E-state index >= 15 is 0 Å². The number of fused-ring (bicyclic) bond motifs is 1. The molecule has 0 radical (unpaired) electrons. The van der Waals surface area contributed by atoms with Gasteiger partial charge in [-0.3, -0.25) is 19.3 Å². The number of hydrogen-bond acceptors (Lipinski definition) is 5. The average Bonchev–Trinajstić information content (AvgIpc) is 2.98. The number of likely N-dealkylation sites (tertiary alicyclic amines) is 1. The minimum absolute atomic E-state index is 0.288. The number of rotatable bonds is 6. The molecule has 0 unspecified atom stereocenters. The van der Waals surface area contributed by atoms with Crippen molar-refractivity contribution in [3.63, 3.8) is 0 Å². The number of nitrogens with zero attached hydrogens (tertiary/aromatic N) is 2. The molecule has 2 aliphatic rings. The van der Waals surface area contributed by atoms with Gasteiger partial charge in [-0.2, -0.15) is 0 Å². The van der Waals surface area contributed by atoms with E-state index in [1.165, 1.54) is 18.7 Å². The van der Waals surface area contributed by atoms with Gasteiger partial charge in [0.2, 0.25) is 11.8 Å². The van der Waals surface area contributed by atoms with Crippen LogP contribution in [0.3, 0.4) is 0 Å². The smallest absolute Gasteiger partial charge is 0.329 e. The number of hydrogen-bond donors (Lipinski definition) is 0. The van der Waals surface area contributed by atoms with Crippen molar-refractivity contribution in [1.82, 2.24) is 9.80 Å². The van der Waals surface area contributed by atoms with E-state index in [1.54, 1.807) is 7.05 Å². The number of amides is 3. The van der Waals surface area contributed by atoms with E-state index in [2.05, 4.69) is 0 Å². The largest absolute Gasteiger partial charge is 0.451 e. The van der Waals surface area contributed by atoms with Gasteiger partial charge in [0.1, 0.15) is 6.04 Å². The predicted molar refractivity (Wildman–Crippen MR) is 105 cm³/mol. The SMILES string of the molecule is C[C@H](C(=O)O[C@H](C)C(=O)N(C)Cc1ccccc1)N1C(=O)[C@H]2CCCC[C@H]2C1=O. The first-order chi connectivity index (χ1) is 13.8. The summed E-state index contributed by atoms with van der Waals surface area (Å²) >= 11 is 0. The van der Waals surface area contributed by atoms with Crippen molar-refractivity contribution in [1.29, 1.82) is 0 Å². The van der Waals surface area contributed by atoms with Crippen molar-refractivity contribution in [3.8, 4) is 0 Å². The second kappa shape index (κ2) is 8.76. The third kappa shape index (κ3) is 4.33. The molecule has 0 N–H and O–H groups in total. The summed E-state index contributed by atoms with van der Waals surface area (Å²) in [4.78, 5) is 53.0. The zero-order valence-electron chi connectivity index (χ0n) is 17.2. The molecule has 1 saturated heterocycles. The number of ether oxygens (including phenoxy) is 1. The topological polar surface area (TPSA) is 84.0 Å². The third-order valence-electron chi connectivity index (χ3n) is 5.88. The minimum atomic E-state index is -1.03. The molecule has 1 aliphatic carbocycles. The zero-order valence-corrected chi connectivity index (χ0v) is 17.2. The molecule has 1 aromatic rings. The van der Waals surface area contributed by atoms with Gasteiger partial charge in [-0.05, 0) is 32.3 Å². The highest BCUT2D eigenvalue weighted by atomic mass is 16.5. The quantitative estimate of drug-likeness (QED) is 0.540. The van der Waals surface area contributed by atoms with E-state index in [0.29, 0.717) is 19.4 Å². The van der Waals surface area contributed by atoms with E-state index in [-0.39, 0.29) is 29.6 Å². The molecule has 0 bridgehead atoms. The van der Waals surface area contributed by atoms with Crippen LogP contribution in [0.15, 0.2) is 30.3 Å². The molecule has 1 saturated carbocycles. The van der Waals surface area contributed by atoms with Crippen LogP contribution in [0.4, 0.5) is 0 Å². The van der Waals surface area contributed by atoms with E-state index in [4.69, 9.17) is 4.74 Å². The number of benzene rings is 1. The van der Waals surface area contributed by atoms with Crippen molar-refractivity contribution in [3.05, 3.63) is 35.9 Å². The molecule has 4 atom stereocenters. The first-order valence-corrected chi connectivity index (χ1v) is 10.2. The Morgan fingerprint density at radius 2 is 1.62 bits per heavy atom. The molecule has 29 heavy (non-hydrogen) atoms. The third-order valence-corrected chi connectivity index (χ3v) is 5.88. The Hall–Kier alpha value is -2.70. The Morgan fingerprint density at radius 1 is 1.07 bits per heavy atom. The number of esters is 1. The Balaban J connectivity index is 1.59. The molecular formula is C22H28N2O5. The van der Waals surface area contributed by atoms with Crippen LogP contribution in [0.25, 0.3) is 0 Å². The molecule has 7 heteroatoms. The molecule has 3 rings (SSSR count). The van der Waals surface area contributed by atoms with Gasteiger partial charge < -0.3 is 9.64 Å². The second-order valence-electron chi connectivity index (χ2n) is 7.98. The maximum atomic E-state index is 12.6. The van der Waals surface area contributed by atoms with Crippen LogP contribution >= 0.6 is 0 Å². The van der Waals surface area contributed by atoms with Crippen LogP contribution in [0.2, 0.25) is 0 Å². The molecule has 0 spiro atoms. The summed E-state index contributed by atoms with van der Waals surface area (Å²) in [5, 5.41) is 0. The summed E-state index contributed by atoms with van der Waals surface area (Å²) in [6.45, 7) is 3.38. The molecule has 1 aliphatic heterocycles. The maximum Gasteiger partial charge on any atom is 0.329 e. The fourth-order valence-corrected chi connectivity index (χ4v) is 4.24. The summed E-state index contributed by atoms with van der Waals surface area (Å²) < 4.78 is 5.32. The summed E-state index contributed by atoms with van der Waals surface area (Å²) in [5.41, 5.74) is 0.964. The summed E-state index contributed by atoms with van der Waals surface area (Å²) in [6.07, 6.45) is 2.21. The lowest BCUT2D eigenvalue weighted by Crippen LogP contribution is -2.46. The predicted octanol–water partition coefficient (Wildman–Crippen LogP) is 2.14. The van der Waals surface area contributed by atoms with Crippen LogP contribution in [-0.2, 0) is 30.5 Å². The lowest BCUT2D eigenvalue weighted by Gasteiger charge is -2.25. The molecule has 3 amide bonds. The van der Waals surface area contributed by atoms with Gasteiger partial charge in [-0.25, -0.2) is 4.79 Å².